The fraction of sp³-hybridized carbons (Fsp3) is 0.389. The Morgan fingerprint density at radius 1 is 1.44 bits per heavy atom. The number of ether oxygens (including phenoxy) is 1. The van der Waals surface area contributed by atoms with Crippen molar-refractivity contribution < 1.29 is 14.3 Å². The molecule has 1 aromatic rings. The van der Waals surface area contributed by atoms with Crippen LogP contribution in [0.4, 0.5) is 5.69 Å². The van der Waals surface area contributed by atoms with Gasteiger partial charge in [0.1, 0.15) is 16.7 Å². The largest absolute Gasteiger partial charge is 0.376 e. The van der Waals surface area contributed by atoms with Crippen LogP contribution < -0.4 is 10.2 Å². The second-order valence-corrected chi connectivity index (χ2v) is 6.95. The molecular weight excluding hydrogens is 338 g/mol. The van der Waals surface area contributed by atoms with Crippen molar-refractivity contribution in [3.05, 3.63) is 40.4 Å². The molecule has 6 nitrogen and oxygen atoms in total. The molecule has 130 valence electrons. The molecule has 0 radical (unpaired) electrons. The highest BCUT2D eigenvalue weighted by atomic mass is 32.2. The Morgan fingerprint density at radius 2 is 2.20 bits per heavy atom. The van der Waals surface area contributed by atoms with Gasteiger partial charge in [0.25, 0.3) is 5.91 Å². The highest BCUT2D eigenvalue weighted by molar-refractivity contribution is 8.04. The van der Waals surface area contributed by atoms with Crippen LogP contribution in [0.2, 0.25) is 0 Å². The van der Waals surface area contributed by atoms with Crippen molar-refractivity contribution in [2.75, 3.05) is 23.8 Å². The number of anilines is 1. The maximum atomic E-state index is 12.5. The molecule has 0 spiro atoms. The number of hydrogen-bond donors (Lipinski definition) is 1. The summed E-state index contributed by atoms with van der Waals surface area (Å²) in [5.41, 5.74) is 1.70. The van der Waals surface area contributed by atoms with Gasteiger partial charge >= 0.3 is 0 Å². The van der Waals surface area contributed by atoms with Gasteiger partial charge in [0.2, 0.25) is 5.91 Å². The predicted molar refractivity (Wildman–Crippen MR) is 95.7 cm³/mol. The third-order valence-electron chi connectivity index (χ3n) is 4.14. The first kappa shape index (κ1) is 17.5. The number of nitrogens with zero attached hydrogens (tertiary/aromatic N) is 2. The number of nitrogens with one attached hydrogen (secondary N) is 1. The first-order valence-corrected chi connectivity index (χ1v) is 9.15. The number of nitriles is 1. The second-order valence-electron chi connectivity index (χ2n) is 5.99. The van der Waals surface area contributed by atoms with E-state index in [0.29, 0.717) is 23.9 Å². The summed E-state index contributed by atoms with van der Waals surface area (Å²) in [4.78, 5) is 26.2. The first-order chi connectivity index (χ1) is 12.1. The molecule has 0 aromatic heterocycles. The van der Waals surface area contributed by atoms with E-state index in [2.05, 4.69) is 5.32 Å². The van der Waals surface area contributed by atoms with Gasteiger partial charge in [-0.3, -0.25) is 14.5 Å². The molecule has 1 atom stereocenters. The fourth-order valence-corrected chi connectivity index (χ4v) is 3.82. The third kappa shape index (κ3) is 3.86. The molecule has 3 rings (SSSR count). The first-order valence-electron chi connectivity index (χ1n) is 8.16. The topological polar surface area (TPSA) is 82.4 Å². The lowest BCUT2D eigenvalue weighted by Gasteiger charge is -2.19. The molecule has 2 heterocycles. The Labute approximate surface area is 150 Å². The van der Waals surface area contributed by atoms with Gasteiger partial charge in [-0.15, -0.1) is 0 Å². The number of thioether (sulfide) groups is 1. The summed E-state index contributed by atoms with van der Waals surface area (Å²) in [6.07, 6.45) is 1.89. The molecule has 0 saturated carbocycles. The zero-order valence-electron chi connectivity index (χ0n) is 13.9. The van der Waals surface area contributed by atoms with Crippen LogP contribution in [0, 0.1) is 18.3 Å². The van der Waals surface area contributed by atoms with E-state index < -0.39 is 5.91 Å². The van der Waals surface area contributed by atoms with E-state index in [9.17, 15) is 14.9 Å². The molecular formula is C18H19N3O3S. The van der Waals surface area contributed by atoms with Crippen molar-refractivity contribution in [3.63, 3.8) is 0 Å². The third-order valence-corrected chi connectivity index (χ3v) is 5.20. The molecule has 2 fully saturated rings. The summed E-state index contributed by atoms with van der Waals surface area (Å²) in [5, 5.41) is 12.6. The Morgan fingerprint density at radius 3 is 2.84 bits per heavy atom. The minimum absolute atomic E-state index is 0.0000393. The summed E-state index contributed by atoms with van der Waals surface area (Å²) in [5.74, 6) is -0.385. The van der Waals surface area contributed by atoms with Crippen LogP contribution in [0.25, 0.3) is 0 Å². The maximum Gasteiger partial charge on any atom is 0.264 e. The minimum atomic E-state index is -0.465. The van der Waals surface area contributed by atoms with Gasteiger partial charge < -0.3 is 10.1 Å². The van der Waals surface area contributed by atoms with Gasteiger partial charge in [-0.1, -0.05) is 29.5 Å². The Bertz CT molecular complexity index is 746. The van der Waals surface area contributed by atoms with Crippen LogP contribution in [-0.2, 0) is 14.3 Å². The van der Waals surface area contributed by atoms with E-state index in [1.807, 2.05) is 37.3 Å². The summed E-state index contributed by atoms with van der Waals surface area (Å²) in [7, 11) is 0. The van der Waals surface area contributed by atoms with E-state index >= 15 is 0 Å². The highest BCUT2D eigenvalue weighted by Crippen LogP contribution is 2.36. The number of benzene rings is 1. The number of carbonyl (C=O) groups excluding carboxylic acids is 2. The van der Waals surface area contributed by atoms with Crippen LogP contribution in [0.3, 0.4) is 0 Å². The SMILES string of the molecule is Cc1ccc(N2C(=O)CS/C2=C(/C#N)C(=O)NC[C@@H]2CCCO2)cc1. The lowest BCUT2D eigenvalue weighted by Crippen LogP contribution is -2.34. The standard InChI is InChI=1S/C18H19N3O3S/c1-12-4-6-13(7-5-12)21-16(22)11-25-18(21)15(9-19)17(23)20-10-14-3-2-8-24-14/h4-7,14H,2-3,8,10-11H2,1H3,(H,20,23)/b18-15-/t14-/m0/s1. The molecule has 2 aliphatic heterocycles. The van der Waals surface area contributed by atoms with Gasteiger partial charge in [0.05, 0.1) is 11.9 Å². The average Bonchev–Trinajstić information content (AvgIpc) is 3.25. The molecule has 0 bridgehead atoms. The minimum Gasteiger partial charge on any atom is -0.376 e. The molecule has 1 N–H and O–H groups in total. The second kappa shape index (κ2) is 7.72. The number of amides is 2. The monoisotopic (exact) mass is 357 g/mol. The van der Waals surface area contributed by atoms with Gasteiger partial charge in [-0.05, 0) is 31.9 Å². The van der Waals surface area contributed by atoms with Gasteiger partial charge in [-0.25, -0.2) is 0 Å². The van der Waals surface area contributed by atoms with Crippen molar-refractivity contribution in [1.82, 2.24) is 5.32 Å². The number of rotatable bonds is 4. The van der Waals surface area contributed by atoms with Gasteiger partial charge in [0, 0.05) is 18.8 Å². The number of carbonyl (C=O) groups is 2. The van der Waals surface area contributed by atoms with Crippen molar-refractivity contribution in [2.24, 2.45) is 0 Å². The van der Waals surface area contributed by atoms with Crippen LogP contribution in [0.5, 0.6) is 0 Å². The lowest BCUT2D eigenvalue weighted by atomic mass is 10.2. The van der Waals surface area contributed by atoms with Crippen molar-refractivity contribution in [1.29, 1.82) is 5.26 Å². The molecule has 2 saturated heterocycles. The van der Waals surface area contributed by atoms with Crippen LogP contribution in [-0.4, -0.2) is 36.8 Å². The predicted octanol–water partition coefficient (Wildman–Crippen LogP) is 2.11. The fourth-order valence-electron chi connectivity index (χ4n) is 2.81. The summed E-state index contributed by atoms with van der Waals surface area (Å²) in [6, 6.07) is 9.39. The van der Waals surface area contributed by atoms with Gasteiger partial charge in [0.15, 0.2) is 0 Å². The lowest BCUT2D eigenvalue weighted by molar-refractivity contribution is -0.117. The molecule has 1 aromatic carbocycles. The Kier molecular flexibility index (Phi) is 5.41. The van der Waals surface area contributed by atoms with E-state index in [1.165, 1.54) is 16.7 Å². The van der Waals surface area contributed by atoms with Crippen molar-refractivity contribution in [2.45, 2.75) is 25.9 Å². The zero-order chi connectivity index (χ0) is 17.8. The van der Waals surface area contributed by atoms with Crippen molar-refractivity contribution in [3.8, 4) is 6.07 Å². The maximum absolute atomic E-state index is 12.5. The normalized spacial score (nSPS) is 22.0. The molecule has 0 aliphatic carbocycles. The number of aryl methyl sites for hydroxylation is 1. The summed E-state index contributed by atoms with van der Waals surface area (Å²) in [6.45, 7) is 3.04. The Balaban J connectivity index is 1.83. The highest BCUT2D eigenvalue weighted by Gasteiger charge is 2.33. The van der Waals surface area contributed by atoms with Crippen molar-refractivity contribution >= 4 is 29.3 Å². The van der Waals surface area contributed by atoms with Crippen LogP contribution in [0.1, 0.15) is 18.4 Å². The van der Waals surface area contributed by atoms with E-state index in [-0.39, 0.29) is 23.3 Å². The van der Waals surface area contributed by atoms with Gasteiger partial charge in [-0.2, -0.15) is 5.26 Å². The van der Waals surface area contributed by atoms with E-state index in [0.717, 1.165) is 18.4 Å². The quantitative estimate of drug-likeness (QED) is 0.659. The van der Waals surface area contributed by atoms with Crippen LogP contribution >= 0.6 is 11.8 Å². The molecule has 7 heteroatoms. The van der Waals surface area contributed by atoms with Crippen LogP contribution in [0.15, 0.2) is 34.9 Å². The van der Waals surface area contributed by atoms with E-state index in [4.69, 9.17) is 4.74 Å². The molecule has 25 heavy (non-hydrogen) atoms. The molecule has 0 unspecified atom stereocenters. The molecule has 2 aliphatic rings. The molecule has 2 amide bonds. The average molecular weight is 357 g/mol. The zero-order valence-corrected chi connectivity index (χ0v) is 14.8. The smallest absolute Gasteiger partial charge is 0.264 e. The number of hydrogen-bond acceptors (Lipinski definition) is 5. The van der Waals surface area contributed by atoms with E-state index in [1.54, 1.807) is 0 Å². The Hall–Kier alpha value is -2.30. The summed E-state index contributed by atoms with van der Waals surface area (Å²) >= 11 is 1.22. The summed E-state index contributed by atoms with van der Waals surface area (Å²) < 4.78 is 5.48.